The molecule has 15 heavy (non-hydrogen) atoms. The summed E-state index contributed by atoms with van der Waals surface area (Å²) in [6.07, 6.45) is 3.81. The highest BCUT2D eigenvalue weighted by Gasteiger charge is 2.27. The van der Waals surface area contributed by atoms with Crippen LogP contribution in [-0.4, -0.2) is 23.0 Å². The van der Waals surface area contributed by atoms with Crippen molar-refractivity contribution in [3.63, 3.8) is 0 Å². The van der Waals surface area contributed by atoms with Crippen molar-refractivity contribution in [3.05, 3.63) is 29.9 Å². The van der Waals surface area contributed by atoms with Gasteiger partial charge in [0.25, 0.3) is 0 Å². The number of hydrogen-bond donors (Lipinski definition) is 0. The first-order valence-electron chi connectivity index (χ1n) is 4.84. The third kappa shape index (κ3) is 2.03. The van der Waals surface area contributed by atoms with Crippen LogP contribution in [0.2, 0.25) is 0 Å². The van der Waals surface area contributed by atoms with E-state index in [-0.39, 0.29) is 0 Å². The Morgan fingerprint density at radius 3 is 2.87 bits per heavy atom. The first-order valence-corrected chi connectivity index (χ1v) is 4.84. The fourth-order valence-corrected chi connectivity index (χ4v) is 1.32. The molecule has 0 radical (unpaired) electrons. The Morgan fingerprint density at radius 1 is 1.60 bits per heavy atom. The first-order chi connectivity index (χ1) is 7.24. The molecule has 0 spiro atoms. The fourth-order valence-electron chi connectivity index (χ4n) is 1.32. The molecule has 0 aromatic carbocycles. The van der Waals surface area contributed by atoms with Crippen LogP contribution < -0.4 is 0 Å². The second-order valence-corrected chi connectivity index (χ2v) is 3.51. The molecule has 0 unspecified atom stereocenters. The molecule has 2 rings (SSSR count). The van der Waals surface area contributed by atoms with Crippen molar-refractivity contribution in [1.82, 2.24) is 9.97 Å². The van der Waals surface area contributed by atoms with E-state index in [1.54, 1.807) is 12.1 Å². The molecule has 0 atom stereocenters. The van der Waals surface area contributed by atoms with Crippen LogP contribution in [0.25, 0.3) is 6.08 Å². The minimum absolute atomic E-state index is 0.310. The van der Waals surface area contributed by atoms with Gasteiger partial charge in [-0.15, -0.1) is 0 Å². The van der Waals surface area contributed by atoms with E-state index in [4.69, 9.17) is 0 Å². The van der Waals surface area contributed by atoms with E-state index in [2.05, 4.69) is 21.3 Å². The molecule has 4 heteroatoms. The van der Waals surface area contributed by atoms with Crippen LogP contribution in [0.3, 0.4) is 0 Å². The number of ether oxygens (including phenoxy) is 1. The molecule has 1 aromatic rings. The molecule has 0 amide bonds. The van der Waals surface area contributed by atoms with Crippen molar-refractivity contribution < 1.29 is 9.53 Å². The quantitative estimate of drug-likeness (QED) is 0.704. The third-order valence-electron chi connectivity index (χ3n) is 2.31. The number of carbonyl (C=O) groups is 1. The lowest BCUT2D eigenvalue weighted by Gasteiger charge is -2.03. The molecule has 0 saturated heterocycles. The summed E-state index contributed by atoms with van der Waals surface area (Å²) >= 11 is 0. The number of nitrogens with zero attached hydrogens (tertiary/aromatic N) is 2. The Kier molecular flexibility index (Phi) is 2.49. The van der Waals surface area contributed by atoms with Crippen LogP contribution in [0.1, 0.15) is 40.8 Å². The van der Waals surface area contributed by atoms with Crippen molar-refractivity contribution in [3.8, 4) is 0 Å². The second kappa shape index (κ2) is 3.81. The summed E-state index contributed by atoms with van der Waals surface area (Å²) in [7, 11) is 1.34. The van der Waals surface area contributed by atoms with Gasteiger partial charge in [0.15, 0.2) is 5.69 Å². The summed E-state index contributed by atoms with van der Waals surface area (Å²) < 4.78 is 4.63. The zero-order valence-electron chi connectivity index (χ0n) is 8.56. The summed E-state index contributed by atoms with van der Waals surface area (Å²) in [6, 6.07) is 1.59. The molecule has 0 aliphatic heterocycles. The standard InChI is InChI=1S/C11H12N2O2/c1-3-8-6-9(11(14)15-2)13-10(12-8)7-4-5-7/h3,6-7H,1,4-5H2,2H3. The lowest BCUT2D eigenvalue weighted by atomic mass is 10.3. The Bertz CT molecular complexity index is 411. The summed E-state index contributed by atoms with van der Waals surface area (Å²) in [5.74, 6) is 0.712. The Labute approximate surface area is 88.0 Å². The van der Waals surface area contributed by atoms with E-state index < -0.39 is 5.97 Å². The third-order valence-corrected chi connectivity index (χ3v) is 2.31. The fraction of sp³-hybridized carbons (Fsp3) is 0.364. The van der Waals surface area contributed by atoms with Gasteiger partial charge in [0.05, 0.1) is 12.8 Å². The SMILES string of the molecule is C=Cc1cc(C(=O)OC)nc(C2CC2)n1. The van der Waals surface area contributed by atoms with Crippen molar-refractivity contribution in [2.24, 2.45) is 0 Å². The van der Waals surface area contributed by atoms with Crippen LogP contribution in [0.5, 0.6) is 0 Å². The summed E-state index contributed by atoms with van der Waals surface area (Å²) in [6.45, 7) is 3.64. The maximum Gasteiger partial charge on any atom is 0.356 e. The normalized spacial score (nSPS) is 14.7. The number of esters is 1. The lowest BCUT2D eigenvalue weighted by molar-refractivity contribution is 0.0593. The molecule has 78 valence electrons. The molecule has 1 aliphatic carbocycles. The zero-order chi connectivity index (χ0) is 10.8. The van der Waals surface area contributed by atoms with E-state index in [9.17, 15) is 4.79 Å². The molecule has 1 fully saturated rings. The van der Waals surface area contributed by atoms with Gasteiger partial charge >= 0.3 is 5.97 Å². The zero-order valence-corrected chi connectivity index (χ0v) is 8.56. The van der Waals surface area contributed by atoms with E-state index in [0.29, 0.717) is 17.3 Å². The van der Waals surface area contributed by atoms with Crippen LogP contribution in [0, 0.1) is 0 Å². The van der Waals surface area contributed by atoms with Gasteiger partial charge < -0.3 is 4.74 Å². The van der Waals surface area contributed by atoms with Crippen LogP contribution in [0.4, 0.5) is 0 Å². The van der Waals surface area contributed by atoms with E-state index in [1.165, 1.54) is 7.11 Å². The lowest BCUT2D eigenvalue weighted by Crippen LogP contribution is -2.08. The molecule has 1 aromatic heterocycles. The van der Waals surface area contributed by atoms with Crippen molar-refractivity contribution in [1.29, 1.82) is 0 Å². The molecule has 1 saturated carbocycles. The predicted molar refractivity (Wildman–Crippen MR) is 55.4 cm³/mol. The minimum Gasteiger partial charge on any atom is -0.464 e. The monoisotopic (exact) mass is 204 g/mol. The van der Waals surface area contributed by atoms with Gasteiger partial charge in [-0.25, -0.2) is 14.8 Å². The molecule has 1 aliphatic rings. The molecule has 1 heterocycles. The van der Waals surface area contributed by atoms with Gasteiger partial charge in [-0.3, -0.25) is 0 Å². The maximum atomic E-state index is 11.3. The van der Waals surface area contributed by atoms with Gasteiger partial charge in [-0.05, 0) is 25.0 Å². The predicted octanol–water partition coefficient (Wildman–Crippen LogP) is 1.78. The van der Waals surface area contributed by atoms with Gasteiger partial charge in [0, 0.05) is 5.92 Å². The van der Waals surface area contributed by atoms with Gasteiger partial charge in [0.1, 0.15) is 5.82 Å². The molecule has 0 N–H and O–H groups in total. The van der Waals surface area contributed by atoms with Crippen LogP contribution >= 0.6 is 0 Å². The highest BCUT2D eigenvalue weighted by atomic mass is 16.5. The number of methoxy groups -OCH3 is 1. The number of carbonyl (C=O) groups excluding carboxylic acids is 1. The van der Waals surface area contributed by atoms with Gasteiger partial charge in [-0.1, -0.05) is 6.58 Å². The van der Waals surface area contributed by atoms with E-state index in [0.717, 1.165) is 18.7 Å². The number of rotatable bonds is 3. The van der Waals surface area contributed by atoms with Crippen molar-refractivity contribution in [2.45, 2.75) is 18.8 Å². The largest absolute Gasteiger partial charge is 0.464 e. The van der Waals surface area contributed by atoms with Crippen molar-refractivity contribution in [2.75, 3.05) is 7.11 Å². The first kappa shape index (κ1) is 9.83. The smallest absolute Gasteiger partial charge is 0.356 e. The van der Waals surface area contributed by atoms with E-state index in [1.807, 2.05) is 0 Å². The Hall–Kier alpha value is -1.71. The molecule has 0 bridgehead atoms. The Balaban J connectivity index is 2.40. The minimum atomic E-state index is -0.428. The highest BCUT2D eigenvalue weighted by Crippen LogP contribution is 2.38. The van der Waals surface area contributed by atoms with Crippen LogP contribution in [0.15, 0.2) is 12.6 Å². The van der Waals surface area contributed by atoms with E-state index >= 15 is 0 Å². The second-order valence-electron chi connectivity index (χ2n) is 3.51. The average Bonchev–Trinajstić information content (AvgIpc) is 3.11. The molecule has 4 nitrogen and oxygen atoms in total. The summed E-state index contributed by atoms with van der Waals surface area (Å²) in [4.78, 5) is 19.8. The van der Waals surface area contributed by atoms with Gasteiger partial charge in [0.2, 0.25) is 0 Å². The maximum absolute atomic E-state index is 11.3. The number of aromatic nitrogens is 2. The summed E-state index contributed by atoms with van der Waals surface area (Å²) in [5, 5.41) is 0. The molecular formula is C11H12N2O2. The average molecular weight is 204 g/mol. The molecular weight excluding hydrogens is 192 g/mol. The Morgan fingerprint density at radius 2 is 2.33 bits per heavy atom. The topological polar surface area (TPSA) is 52.1 Å². The summed E-state index contributed by atoms with van der Waals surface area (Å²) in [5.41, 5.74) is 0.983. The number of hydrogen-bond acceptors (Lipinski definition) is 4. The van der Waals surface area contributed by atoms with Gasteiger partial charge in [-0.2, -0.15) is 0 Å². The van der Waals surface area contributed by atoms with Crippen LogP contribution in [-0.2, 0) is 4.74 Å². The van der Waals surface area contributed by atoms with Crippen molar-refractivity contribution >= 4 is 12.0 Å². The highest BCUT2D eigenvalue weighted by molar-refractivity contribution is 5.87.